The lowest BCUT2D eigenvalue weighted by Gasteiger charge is -2.25. The SMILES string of the molecule is O=C(O)C1CCC(C(=O)NCCc2ccc(F)c(F)c2)CC1. The first kappa shape index (κ1) is 16.4. The highest BCUT2D eigenvalue weighted by Gasteiger charge is 2.29. The molecule has 1 saturated carbocycles. The first-order valence-corrected chi connectivity index (χ1v) is 7.42. The van der Waals surface area contributed by atoms with Crippen molar-refractivity contribution >= 4 is 11.9 Å². The molecule has 1 aliphatic rings. The van der Waals surface area contributed by atoms with Crippen LogP contribution in [0, 0.1) is 23.5 Å². The molecule has 1 aliphatic carbocycles. The number of hydrogen-bond donors (Lipinski definition) is 2. The van der Waals surface area contributed by atoms with Gasteiger partial charge in [-0.3, -0.25) is 9.59 Å². The van der Waals surface area contributed by atoms with Crippen molar-refractivity contribution in [2.75, 3.05) is 6.54 Å². The van der Waals surface area contributed by atoms with Crippen LogP contribution >= 0.6 is 0 Å². The van der Waals surface area contributed by atoms with Crippen LogP contribution < -0.4 is 5.32 Å². The van der Waals surface area contributed by atoms with Gasteiger partial charge in [0, 0.05) is 12.5 Å². The van der Waals surface area contributed by atoms with Crippen molar-refractivity contribution in [1.82, 2.24) is 5.32 Å². The molecule has 0 aliphatic heterocycles. The van der Waals surface area contributed by atoms with Crippen LogP contribution in [-0.4, -0.2) is 23.5 Å². The minimum Gasteiger partial charge on any atom is -0.481 e. The lowest BCUT2D eigenvalue weighted by atomic mass is 9.81. The summed E-state index contributed by atoms with van der Waals surface area (Å²) < 4.78 is 25.8. The Kier molecular flexibility index (Phi) is 5.46. The highest BCUT2D eigenvalue weighted by Crippen LogP contribution is 2.28. The van der Waals surface area contributed by atoms with Gasteiger partial charge in [-0.25, -0.2) is 8.78 Å². The molecular weight excluding hydrogens is 292 g/mol. The van der Waals surface area contributed by atoms with Crippen LogP contribution in [0.4, 0.5) is 8.78 Å². The quantitative estimate of drug-likeness (QED) is 0.878. The zero-order chi connectivity index (χ0) is 16.1. The van der Waals surface area contributed by atoms with Crippen molar-refractivity contribution < 1.29 is 23.5 Å². The fourth-order valence-corrected chi connectivity index (χ4v) is 2.77. The zero-order valence-corrected chi connectivity index (χ0v) is 12.1. The number of carbonyl (C=O) groups excluding carboxylic acids is 1. The molecule has 1 fully saturated rings. The molecule has 22 heavy (non-hydrogen) atoms. The number of carboxylic acids is 1. The van der Waals surface area contributed by atoms with Crippen LogP contribution in [0.1, 0.15) is 31.2 Å². The van der Waals surface area contributed by atoms with Crippen LogP contribution in [0.3, 0.4) is 0 Å². The molecule has 0 unspecified atom stereocenters. The molecular formula is C16H19F2NO3. The molecule has 0 heterocycles. The Morgan fingerprint density at radius 1 is 1.09 bits per heavy atom. The highest BCUT2D eigenvalue weighted by atomic mass is 19.2. The Labute approximate surface area is 127 Å². The summed E-state index contributed by atoms with van der Waals surface area (Å²) in [5.74, 6) is -3.16. The van der Waals surface area contributed by atoms with Gasteiger partial charge in [0.1, 0.15) is 0 Å². The maximum Gasteiger partial charge on any atom is 0.306 e. The molecule has 0 saturated heterocycles. The number of nitrogens with one attached hydrogen (secondary N) is 1. The van der Waals surface area contributed by atoms with Gasteiger partial charge in [0.25, 0.3) is 0 Å². The first-order valence-electron chi connectivity index (χ1n) is 7.42. The normalized spacial score (nSPS) is 21.4. The Bertz CT molecular complexity index is 554. The predicted octanol–water partition coefficient (Wildman–Crippen LogP) is 2.51. The molecule has 1 aromatic carbocycles. The monoisotopic (exact) mass is 311 g/mol. The molecule has 1 aromatic rings. The summed E-state index contributed by atoms with van der Waals surface area (Å²) in [5, 5.41) is 11.7. The summed E-state index contributed by atoms with van der Waals surface area (Å²) in [6.45, 7) is 0.350. The van der Waals surface area contributed by atoms with E-state index in [1.54, 1.807) is 0 Å². The molecule has 120 valence electrons. The van der Waals surface area contributed by atoms with E-state index in [0.29, 0.717) is 44.2 Å². The molecule has 2 rings (SSSR count). The van der Waals surface area contributed by atoms with Gasteiger partial charge in [0.2, 0.25) is 5.91 Å². The van der Waals surface area contributed by atoms with Gasteiger partial charge in [-0.1, -0.05) is 6.07 Å². The smallest absolute Gasteiger partial charge is 0.306 e. The van der Waals surface area contributed by atoms with Crippen molar-refractivity contribution in [3.63, 3.8) is 0 Å². The van der Waals surface area contributed by atoms with E-state index in [4.69, 9.17) is 5.11 Å². The predicted molar refractivity (Wildman–Crippen MR) is 76.2 cm³/mol. The fraction of sp³-hybridized carbons (Fsp3) is 0.500. The van der Waals surface area contributed by atoms with Crippen LogP contribution in [0.2, 0.25) is 0 Å². The summed E-state index contributed by atoms with van der Waals surface area (Å²) in [4.78, 5) is 22.8. The van der Waals surface area contributed by atoms with E-state index < -0.39 is 17.6 Å². The zero-order valence-electron chi connectivity index (χ0n) is 12.1. The average molecular weight is 311 g/mol. The van der Waals surface area contributed by atoms with E-state index in [2.05, 4.69) is 5.32 Å². The summed E-state index contributed by atoms with van der Waals surface area (Å²) >= 11 is 0. The Morgan fingerprint density at radius 2 is 1.73 bits per heavy atom. The topological polar surface area (TPSA) is 66.4 Å². The van der Waals surface area contributed by atoms with Crippen molar-refractivity contribution in [2.45, 2.75) is 32.1 Å². The lowest BCUT2D eigenvalue weighted by Crippen LogP contribution is -2.35. The lowest BCUT2D eigenvalue weighted by molar-refractivity contribution is -0.144. The van der Waals surface area contributed by atoms with Crippen molar-refractivity contribution in [3.05, 3.63) is 35.4 Å². The first-order chi connectivity index (χ1) is 10.5. The third kappa shape index (κ3) is 4.26. The Hall–Kier alpha value is -1.98. The number of carbonyl (C=O) groups is 2. The third-order valence-electron chi connectivity index (χ3n) is 4.14. The van der Waals surface area contributed by atoms with Crippen LogP contribution in [0.5, 0.6) is 0 Å². The molecule has 0 atom stereocenters. The molecule has 4 nitrogen and oxygen atoms in total. The second-order valence-corrected chi connectivity index (χ2v) is 5.68. The number of aliphatic carboxylic acids is 1. The van der Waals surface area contributed by atoms with Crippen LogP contribution in [0.15, 0.2) is 18.2 Å². The minimum atomic E-state index is -0.893. The number of amides is 1. The maximum atomic E-state index is 13.0. The standard InChI is InChI=1S/C16H19F2NO3/c17-13-6-1-10(9-14(13)18)7-8-19-15(20)11-2-4-12(5-3-11)16(21)22/h1,6,9,11-12H,2-5,7-8H2,(H,19,20)(H,21,22). The van der Waals surface area contributed by atoms with E-state index in [1.807, 2.05) is 0 Å². The van der Waals surface area contributed by atoms with E-state index in [9.17, 15) is 18.4 Å². The number of rotatable bonds is 5. The van der Waals surface area contributed by atoms with Gasteiger partial charge < -0.3 is 10.4 Å². The van der Waals surface area contributed by atoms with Gasteiger partial charge >= 0.3 is 5.97 Å². The molecule has 0 spiro atoms. The minimum absolute atomic E-state index is 0.0913. The van der Waals surface area contributed by atoms with Crippen molar-refractivity contribution in [1.29, 1.82) is 0 Å². The van der Waals surface area contributed by atoms with Gasteiger partial charge in [0.15, 0.2) is 11.6 Å². The summed E-state index contributed by atoms with van der Waals surface area (Å²) in [6.07, 6.45) is 2.63. The van der Waals surface area contributed by atoms with Crippen LogP contribution in [-0.2, 0) is 16.0 Å². The van der Waals surface area contributed by atoms with Gasteiger partial charge in [0.05, 0.1) is 5.92 Å². The van der Waals surface area contributed by atoms with E-state index in [-0.39, 0.29) is 17.7 Å². The summed E-state index contributed by atoms with van der Waals surface area (Å²) in [6, 6.07) is 3.68. The number of halogens is 2. The molecule has 6 heteroatoms. The Morgan fingerprint density at radius 3 is 2.32 bits per heavy atom. The Balaban J connectivity index is 1.74. The second kappa shape index (κ2) is 7.33. The van der Waals surface area contributed by atoms with Crippen LogP contribution in [0.25, 0.3) is 0 Å². The molecule has 2 N–H and O–H groups in total. The number of hydrogen-bond acceptors (Lipinski definition) is 2. The number of carboxylic acid groups (broad SMARTS) is 1. The molecule has 1 amide bonds. The maximum absolute atomic E-state index is 13.0. The fourth-order valence-electron chi connectivity index (χ4n) is 2.77. The summed E-state index contributed by atoms with van der Waals surface area (Å²) in [7, 11) is 0. The van der Waals surface area contributed by atoms with Gasteiger partial charge in [-0.05, 0) is 49.8 Å². The van der Waals surface area contributed by atoms with E-state index in [0.717, 1.165) is 12.1 Å². The molecule has 0 aromatic heterocycles. The van der Waals surface area contributed by atoms with Crippen molar-refractivity contribution in [2.24, 2.45) is 11.8 Å². The average Bonchev–Trinajstić information content (AvgIpc) is 2.51. The van der Waals surface area contributed by atoms with E-state index >= 15 is 0 Å². The summed E-state index contributed by atoms with van der Waals surface area (Å²) in [5.41, 5.74) is 0.619. The van der Waals surface area contributed by atoms with Gasteiger partial charge in [-0.15, -0.1) is 0 Å². The van der Waals surface area contributed by atoms with E-state index in [1.165, 1.54) is 6.07 Å². The molecule has 0 bridgehead atoms. The second-order valence-electron chi connectivity index (χ2n) is 5.68. The third-order valence-corrected chi connectivity index (χ3v) is 4.14. The highest BCUT2D eigenvalue weighted by molar-refractivity contribution is 5.79. The van der Waals surface area contributed by atoms with Crippen molar-refractivity contribution in [3.8, 4) is 0 Å². The molecule has 0 radical (unpaired) electrons. The van der Waals surface area contributed by atoms with Gasteiger partial charge in [-0.2, -0.15) is 0 Å². The number of benzene rings is 1. The largest absolute Gasteiger partial charge is 0.481 e.